The monoisotopic (exact) mass is 384 g/mol. The minimum absolute atomic E-state index is 0.135. The van der Waals surface area contributed by atoms with E-state index < -0.39 is 12.0 Å². The number of rotatable bonds is 9. The molecule has 0 saturated heterocycles. The van der Waals surface area contributed by atoms with Crippen molar-refractivity contribution < 1.29 is 14.7 Å². The van der Waals surface area contributed by atoms with Crippen molar-refractivity contribution in [1.29, 1.82) is 0 Å². The van der Waals surface area contributed by atoms with Gasteiger partial charge in [0.25, 0.3) is 0 Å². The maximum Gasteiger partial charge on any atom is 0.326 e. The van der Waals surface area contributed by atoms with Crippen molar-refractivity contribution in [3.05, 3.63) is 35.5 Å². The fourth-order valence-corrected chi connectivity index (χ4v) is 4.50. The van der Waals surface area contributed by atoms with Gasteiger partial charge >= 0.3 is 5.97 Å². The smallest absolute Gasteiger partial charge is 0.326 e. The molecule has 1 aromatic carbocycles. The number of carboxylic acid groups (broad SMARTS) is 1. The molecule has 0 saturated carbocycles. The summed E-state index contributed by atoms with van der Waals surface area (Å²) in [4.78, 5) is 24.1. The summed E-state index contributed by atoms with van der Waals surface area (Å²) in [5.41, 5.74) is 3.33. The van der Waals surface area contributed by atoms with E-state index in [4.69, 9.17) is 0 Å². The number of unbranched alkanes of at least 4 members (excludes halogenated alkanes) is 3. The number of para-hydroxylation sites is 1. The molecule has 2 unspecified atom stereocenters. The summed E-state index contributed by atoms with van der Waals surface area (Å²) in [5, 5.41) is 14.1. The van der Waals surface area contributed by atoms with Crippen LogP contribution in [0.3, 0.4) is 0 Å². The molecule has 2 N–H and O–H groups in total. The number of aromatic nitrogens is 1. The third-order valence-corrected chi connectivity index (χ3v) is 5.91. The van der Waals surface area contributed by atoms with Crippen molar-refractivity contribution in [2.75, 3.05) is 0 Å². The number of hydrogen-bond donors (Lipinski definition) is 2. The molecule has 5 heteroatoms. The molecule has 2 aromatic rings. The van der Waals surface area contributed by atoms with Gasteiger partial charge in [0.1, 0.15) is 6.04 Å². The summed E-state index contributed by atoms with van der Waals surface area (Å²) >= 11 is 0. The number of hydrogen-bond acceptors (Lipinski definition) is 2. The number of nitrogens with one attached hydrogen (secondary N) is 1. The van der Waals surface area contributed by atoms with E-state index in [2.05, 4.69) is 18.3 Å². The average molecular weight is 385 g/mol. The topological polar surface area (TPSA) is 71.3 Å². The first-order chi connectivity index (χ1) is 13.6. The molecule has 1 aromatic heterocycles. The zero-order valence-corrected chi connectivity index (χ0v) is 17.0. The minimum atomic E-state index is -0.784. The highest BCUT2D eigenvalue weighted by molar-refractivity contribution is 5.88. The zero-order chi connectivity index (χ0) is 20.1. The van der Waals surface area contributed by atoms with Gasteiger partial charge in [-0.1, -0.05) is 51.3 Å². The molecular formula is C23H32N2O3. The van der Waals surface area contributed by atoms with E-state index in [0.717, 1.165) is 48.7 Å². The summed E-state index contributed by atoms with van der Waals surface area (Å²) < 4.78 is 2.02. The van der Waals surface area contributed by atoms with E-state index >= 15 is 0 Å². The van der Waals surface area contributed by atoms with E-state index in [1.54, 1.807) is 0 Å². The van der Waals surface area contributed by atoms with Crippen molar-refractivity contribution in [2.24, 2.45) is 0 Å². The molecule has 0 spiro atoms. The lowest BCUT2D eigenvalue weighted by Gasteiger charge is -2.26. The van der Waals surface area contributed by atoms with Crippen LogP contribution in [0.15, 0.2) is 24.3 Å². The van der Waals surface area contributed by atoms with Crippen LogP contribution in [-0.2, 0) is 22.4 Å². The number of benzene rings is 1. The molecule has 1 heterocycles. The number of carbonyl (C=O) groups excluding carboxylic acids is 1. The van der Waals surface area contributed by atoms with E-state index in [9.17, 15) is 14.7 Å². The largest absolute Gasteiger partial charge is 0.480 e. The Balaban J connectivity index is 1.80. The summed E-state index contributed by atoms with van der Waals surface area (Å²) in [6.07, 6.45) is 8.01. The van der Waals surface area contributed by atoms with Crippen molar-refractivity contribution in [3.8, 4) is 0 Å². The van der Waals surface area contributed by atoms with Crippen LogP contribution in [0.25, 0.3) is 10.9 Å². The zero-order valence-electron chi connectivity index (χ0n) is 17.0. The number of amides is 1. The Kier molecular flexibility index (Phi) is 6.76. The number of aliphatic carboxylic acids is 1. The van der Waals surface area contributed by atoms with Gasteiger partial charge in [0.15, 0.2) is 0 Å². The molecular weight excluding hydrogens is 352 g/mol. The van der Waals surface area contributed by atoms with Gasteiger partial charge in [0.05, 0.1) is 0 Å². The lowest BCUT2D eigenvalue weighted by Crippen LogP contribution is -2.39. The van der Waals surface area contributed by atoms with Gasteiger partial charge in [-0.2, -0.15) is 0 Å². The maximum absolute atomic E-state index is 12.3. The normalized spacial score (nSPS) is 17.3. The number of carbonyl (C=O) groups is 2. The van der Waals surface area contributed by atoms with Gasteiger partial charge in [0, 0.05) is 29.1 Å². The van der Waals surface area contributed by atoms with Crippen molar-refractivity contribution in [2.45, 2.75) is 83.7 Å². The number of carboxylic acids is 1. The fourth-order valence-electron chi connectivity index (χ4n) is 4.50. The van der Waals surface area contributed by atoms with Crippen LogP contribution in [0.1, 0.15) is 76.1 Å². The summed E-state index contributed by atoms with van der Waals surface area (Å²) in [7, 11) is 0. The molecule has 28 heavy (non-hydrogen) atoms. The Morgan fingerprint density at radius 2 is 2.00 bits per heavy atom. The van der Waals surface area contributed by atoms with E-state index in [-0.39, 0.29) is 11.9 Å². The van der Waals surface area contributed by atoms with Gasteiger partial charge in [-0.15, -0.1) is 0 Å². The van der Waals surface area contributed by atoms with Crippen LogP contribution in [0.5, 0.6) is 0 Å². The molecule has 152 valence electrons. The molecule has 5 nitrogen and oxygen atoms in total. The van der Waals surface area contributed by atoms with Crippen molar-refractivity contribution in [3.63, 3.8) is 0 Å². The molecule has 1 aliphatic rings. The van der Waals surface area contributed by atoms with E-state index in [1.165, 1.54) is 18.4 Å². The Hall–Kier alpha value is -2.30. The van der Waals surface area contributed by atoms with Crippen LogP contribution in [0.4, 0.5) is 0 Å². The Labute approximate surface area is 167 Å². The summed E-state index contributed by atoms with van der Waals surface area (Å²) in [6.45, 7) is 4.09. The fraction of sp³-hybridized carbons (Fsp3) is 0.565. The summed E-state index contributed by atoms with van der Waals surface area (Å²) in [5.74, 6) is -0.640. The SMILES string of the molecule is CCCCCCC(=O)NC1CCc2c(c3ccccc3n2C(CC)C(=O)O)C1. The number of nitrogens with zero attached hydrogens (tertiary/aromatic N) is 1. The van der Waals surface area contributed by atoms with Gasteiger partial charge in [-0.3, -0.25) is 4.79 Å². The van der Waals surface area contributed by atoms with Crippen LogP contribution >= 0.6 is 0 Å². The predicted octanol–water partition coefficient (Wildman–Crippen LogP) is 4.62. The quantitative estimate of drug-likeness (QED) is 0.620. The lowest BCUT2D eigenvalue weighted by molar-refractivity contribution is -0.141. The first kappa shape index (κ1) is 20.4. The van der Waals surface area contributed by atoms with Gasteiger partial charge < -0.3 is 15.0 Å². The Bertz CT molecular complexity index is 840. The average Bonchev–Trinajstić information content (AvgIpc) is 3.00. The minimum Gasteiger partial charge on any atom is -0.480 e. The highest BCUT2D eigenvalue weighted by Gasteiger charge is 2.30. The number of fused-ring (bicyclic) bond motifs is 3. The van der Waals surface area contributed by atoms with Crippen molar-refractivity contribution in [1.82, 2.24) is 9.88 Å². The Morgan fingerprint density at radius 1 is 1.21 bits per heavy atom. The Morgan fingerprint density at radius 3 is 2.71 bits per heavy atom. The van der Waals surface area contributed by atoms with E-state index in [0.29, 0.717) is 12.8 Å². The first-order valence-electron chi connectivity index (χ1n) is 10.7. The molecule has 1 amide bonds. The predicted molar refractivity (Wildman–Crippen MR) is 112 cm³/mol. The third-order valence-electron chi connectivity index (χ3n) is 5.91. The van der Waals surface area contributed by atoms with Crippen LogP contribution in [0, 0.1) is 0 Å². The van der Waals surface area contributed by atoms with Crippen LogP contribution in [-0.4, -0.2) is 27.6 Å². The van der Waals surface area contributed by atoms with E-state index in [1.807, 2.05) is 29.7 Å². The molecule has 0 aliphatic heterocycles. The van der Waals surface area contributed by atoms with Gasteiger partial charge in [-0.25, -0.2) is 4.79 Å². The highest BCUT2D eigenvalue weighted by Crippen LogP contribution is 2.35. The molecule has 2 atom stereocenters. The maximum atomic E-state index is 12.3. The second-order valence-electron chi connectivity index (χ2n) is 7.89. The second kappa shape index (κ2) is 9.26. The third kappa shape index (κ3) is 4.23. The molecule has 0 bridgehead atoms. The second-order valence-corrected chi connectivity index (χ2v) is 7.89. The molecule has 1 aliphatic carbocycles. The standard InChI is InChI=1S/C23H32N2O3/c1-3-5-6-7-12-22(26)24-16-13-14-21-18(15-16)17-10-8-9-11-20(17)25(21)19(4-2)23(27)28/h8-11,16,19H,3-7,12-15H2,1-2H3,(H,24,26)(H,27,28). The summed E-state index contributed by atoms with van der Waals surface area (Å²) in [6, 6.07) is 7.65. The molecule has 3 rings (SSSR count). The molecule has 0 fully saturated rings. The van der Waals surface area contributed by atoms with Crippen LogP contribution < -0.4 is 5.32 Å². The lowest BCUT2D eigenvalue weighted by atomic mass is 9.91. The molecule has 0 radical (unpaired) electrons. The first-order valence-corrected chi connectivity index (χ1v) is 10.7. The van der Waals surface area contributed by atoms with Crippen molar-refractivity contribution >= 4 is 22.8 Å². The van der Waals surface area contributed by atoms with Crippen LogP contribution in [0.2, 0.25) is 0 Å². The highest BCUT2D eigenvalue weighted by atomic mass is 16.4. The van der Waals surface area contributed by atoms with Gasteiger partial charge in [-0.05, 0) is 43.7 Å². The van der Waals surface area contributed by atoms with Gasteiger partial charge in [0.2, 0.25) is 5.91 Å².